The fourth-order valence-corrected chi connectivity index (χ4v) is 3.37. The number of halogens is 1. The number of morpholine rings is 1. The van der Waals surface area contributed by atoms with Gasteiger partial charge in [0.2, 0.25) is 5.76 Å². The van der Waals surface area contributed by atoms with E-state index in [9.17, 15) is 9.59 Å². The van der Waals surface area contributed by atoms with Crippen molar-refractivity contribution in [3.05, 3.63) is 47.2 Å². The molecule has 0 N–H and O–H groups in total. The zero-order chi connectivity index (χ0) is 19.6. The molecule has 0 saturated carbocycles. The Bertz CT molecular complexity index is 823. The van der Waals surface area contributed by atoms with Crippen LogP contribution < -0.4 is 0 Å². The van der Waals surface area contributed by atoms with E-state index in [-0.39, 0.29) is 23.9 Å². The average Bonchev–Trinajstić information content (AvgIpc) is 3.10. The molecule has 0 bridgehead atoms. The first-order valence-corrected chi connectivity index (χ1v) is 9.23. The summed E-state index contributed by atoms with van der Waals surface area (Å²) >= 11 is 6.15. The van der Waals surface area contributed by atoms with Gasteiger partial charge < -0.3 is 18.8 Å². The van der Waals surface area contributed by atoms with Crippen LogP contribution >= 0.6 is 11.6 Å². The third kappa shape index (κ3) is 4.51. The highest BCUT2D eigenvalue weighted by atomic mass is 35.5. The zero-order valence-electron chi connectivity index (χ0n) is 15.5. The Morgan fingerprint density at radius 2 is 1.81 bits per heavy atom. The number of rotatable bonds is 4. The van der Waals surface area contributed by atoms with E-state index >= 15 is 0 Å². The van der Waals surface area contributed by atoms with Crippen LogP contribution in [0.4, 0.5) is 0 Å². The van der Waals surface area contributed by atoms with E-state index in [0.29, 0.717) is 29.4 Å². The van der Waals surface area contributed by atoms with Gasteiger partial charge in [-0.2, -0.15) is 0 Å². The summed E-state index contributed by atoms with van der Waals surface area (Å²) in [7, 11) is 0. The minimum atomic E-state index is -0.913. The van der Waals surface area contributed by atoms with Gasteiger partial charge >= 0.3 is 5.97 Å². The fraction of sp³-hybridized carbons (Fsp3) is 0.400. The standard InChI is InChI=1S/C20H22ClNO5/c1-12-10-22(11-13(2)25-12)19(23)14(3)26-20(24)18-9-8-17(27-18)15-6-4-5-7-16(15)21/h4-9,12-14H,10-11H2,1-3H3. The Morgan fingerprint density at radius 3 is 2.48 bits per heavy atom. The van der Waals surface area contributed by atoms with Crippen LogP contribution in [-0.4, -0.2) is 48.2 Å². The van der Waals surface area contributed by atoms with E-state index < -0.39 is 12.1 Å². The molecule has 144 valence electrons. The first-order chi connectivity index (χ1) is 12.8. The maximum atomic E-state index is 12.6. The summed E-state index contributed by atoms with van der Waals surface area (Å²) in [5, 5.41) is 0.519. The number of furan rings is 1. The Balaban J connectivity index is 1.65. The third-order valence-electron chi connectivity index (χ3n) is 4.31. The van der Waals surface area contributed by atoms with Gasteiger partial charge in [-0.3, -0.25) is 4.79 Å². The summed E-state index contributed by atoms with van der Waals surface area (Å²) in [5.41, 5.74) is 0.679. The van der Waals surface area contributed by atoms with Gasteiger partial charge in [-0.1, -0.05) is 23.7 Å². The van der Waals surface area contributed by atoms with E-state index in [4.69, 9.17) is 25.5 Å². The topological polar surface area (TPSA) is 69.0 Å². The lowest BCUT2D eigenvalue weighted by atomic mass is 10.2. The molecule has 0 aliphatic carbocycles. The minimum Gasteiger partial charge on any atom is -0.449 e. The van der Waals surface area contributed by atoms with E-state index in [1.807, 2.05) is 26.0 Å². The molecule has 1 aliphatic rings. The molecule has 2 heterocycles. The van der Waals surface area contributed by atoms with Crippen molar-refractivity contribution in [2.75, 3.05) is 13.1 Å². The van der Waals surface area contributed by atoms with Crippen molar-refractivity contribution < 1.29 is 23.5 Å². The van der Waals surface area contributed by atoms with Crippen molar-refractivity contribution >= 4 is 23.5 Å². The molecule has 1 amide bonds. The van der Waals surface area contributed by atoms with Gasteiger partial charge in [0, 0.05) is 18.7 Å². The van der Waals surface area contributed by atoms with Crippen LogP contribution in [0, 0.1) is 0 Å². The molecule has 7 heteroatoms. The average molecular weight is 392 g/mol. The maximum Gasteiger partial charge on any atom is 0.375 e. The van der Waals surface area contributed by atoms with E-state index in [0.717, 1.165) is 0 Å². The van der Waals surface area contributed by atoms with Crippen molar-refractivity contribution in [1.82, 2.24) is 4.90 Å². The van der Waals surface area contributed by atoms with Crippen LogP contribution in [-0.2, 0) is 14.3 Å². The van der Waals surface area contributed by atoms with Gasteiger partial charge in [0.05, 0.1) is 17.2 Å². The molecule has 1 aromatic heterocycles. The van der Waals surface area contributed by atoms with Crippen molar-refractivity contribution in [2.24, 2.45) is 0 Å². The second-order valence-electron chi connectivity index (χ2n) is 6.69. The number of hydrogen-bond acceptors (Lipinski definition) is 5. The smallest absolute Gasteiger partial charge is 0.375 e. The van der Waals surface area contributed by atoms with Crippen LogP contribution in [0.25, 0.3) is 11.3 Å². The van der Waals surface area contributed by atoms with Crippen LogP contribution in [0.1, 0.15) is 31.3 Å². The highest BCUT2D eigenvalue weighted by molar-refractivity contribution is 6.33. The molecule has 6 nitrogen and oxygen atoms in total. The molecule has 3 atom stereocenters. The molecule has 3 unspecified atom stereocenters. The second-order valence-corrected chi connectivity index (χ2v) is 7.10. The highest BCUT2D eigenvalue weighted by Crippen LogP contribution is 2.29. The first kappa shape index (κ1) is 19.5. The van der Waals surface area contributed by atoms with Gasteiger partial charge in [0.25, 0.3) is 5.91 Å². The van der Waals surface area contributed by atoms with Crippen molar-refractivity contribution in [3.8, 4) is 11.3 Å². The molecule has 1 saturated heterocycles. The molecular weight excluding hydrogens is 370 g/mol. The number of hydrogen-bond donors (Lipinski definition) is 0. The SMILES string of the molecule is CC1CN(C(=O)C(C)OC(=O)c2ccc(-c3ccccc3Cl)o2)CC(C)O1. The van der Waals surface area contributed by atoms with Gasteiger partial charge in [0.1, 0.15) is 5.76 Å². The quantitative estimate of drug-likeness (QED) is 0.742. The molecule has 1 aliphatic heterocycles. The molecule has 3 rings (SSSR count). The van der Waals surface area contributed by atoms with Gasteiger partial charge in [-0.25, -0.2) is 4.79 Å². The Kier molecular flexibility index (Phi) is 5.87. The fourth-order valence-electron chi connectivity index (χ4n) is 3.14. The summed E-state index contributed by atoms with van der Waals surface area (Å²) in [6, 6.07) is 10.3. The molecule has 27 heavy (non-hydrogen) atoms. The molecule has 1 fully saturated rings. The predicted octanol–water partition coefficient (Wildman–Crippen LogP) is 3.78. The third-order valence-corrected chi connectivity index (χ3v) is 4.64. The summed E-state index contributed by atoms with van der Waals surface area (Å²) in [4.78, 5) is 26.6. The minimum absolute atomic E-state index is 0.0216. The number of esters is 1. The van der Waals surface area contributed by atoms with E-state index in [1.54, 1.807) is 30.0 Å². The Labute approximate surface area is 163 Å². The summed E-state index contributed by atoms with van der Waals surface area (Å²) in [6.45, 7) is 6.32. The summed E-state index contributed by atoms with van der Waals surface area (Å²) in [5.74, 6) is -0.456. The van der Waals surface area contributed by atoms with Crippen molar-refractivity contribution in [1.29, 1.82) is 0 Å². The van der Waals surface area contributed by atoms with Gasteiger partial charge in [-0.05, 0) is 45.0 Å². The maximum absolute atomic E-state index is 12.6. The lowest BCUT2D eigenvalue weighted by Crippen LogP contribution is -2.51. The zero-order valence-corrected chi connectivity index (χ0v) is 16.2. The number of benzene rings is 1. The van der Waals surface area contributed by atoms with Gasteiger partial charge in [0.15, 0.2) is 6.10 Å². The molecule has 1 aromatic carbocycles. The second kappa shape index (κ2) is 8.15. The van der Waals surface area contributed by atoms with Crippen LogP contribution in [0.3, 0.4) is 0 Å². The Hall–Kier alpha value is -2.31. The summed E-state index contributed by atoms with van der Waals surface area (Å²) in [6.07, 6.45) is -1.02. The number of amides is 1. The molecular formula is C20H22ClNO5. The van der Waals surface area contributed by atoms with Crippen molar-refractivity contribution in [3.63, 3.8) is 0 Å². The lowest BCUT2D eigenvalue weighted by molar-refractivity contribution is -0.151. The monoisotopic (exact) mass is 391 g/mol. The first-order valence-electron chi connectivity index (χ1n) is 8.85. The van der Waals surface area contributed by atoms with Gasteiger partial charge in [-0.15, -0.1) is 0 Å². The van der Waals surface area contributed by atoms with Crippen LogP contribution in [0.2, 0.25) is 5.02 Å². The molecule has 0 spiro atoms. The number of ether oxygens (including phenoxy) is 2. The normalized spacial score (nSPS) is 21.0. The number of nitrogens with zero attached hydrogens (tertiary/aromatic N) is 1. The molecule has 2 aromatic rings. The molecule has 0 radical (unpaired) electrons. The van der Waals surface area contributed by atoms with Crippen LogP contribution in [0.15, 0.2) is 40.8 Å². The van der Waals surface area contributed by atoms with E-state index in [1.165, 1.54) is 6.07 Å². The largest absolute Gasteiger partial charge is 0.449 e. The lowest BCUT2D eigenvalue weighted by Gasteiger charge is -2.36. The highest BCUT2D eigenvalue weighted by Gasteiger charge is 2.31. The van der Waals surface area contributed by atoms with Crippen LogP contribution in [0.5, 0.6) is 0 Å². The number of carbonyl (C=O) groups is 2. The Morgan fingerprint density at radius 1 is 1.15 bits per heavy atom. The van der Waals surface area contributed by atoms with Crippen molar-refractivity contribution in [2.45, 2.75) is 39.1 Å². The number of carbonyl (C=O) groups excluding carboxylic acids is 2. The summed E-state index contributed by atoms with van der Waals surface area (Å²) < 4.78 is 16.5. The predicted molar refractivity (Wildman–Crippen MR) is 101 cm³/mol. The van der Waals surface area contributed by atoms with E-state index in [2.05, 4.69) is 0 Å².